The lowest BCUT2D eigenvalue weighted by atomic mass is 9.93. The fourth-order valence-electron chi connectivity index (χ4n) is 7.23. The van der Waals surface area contributed by atoms with E-state index in [1.54, 1.807) is 61.8 Å². The number of anilines is 1. The molecule has 2 amide bonds. The van der Waals surface area contributed by atoms with Gasteiger partial charge in [-0.05, 0) is 101 Å². The van der Waals surface area contributed by atoms with Gasteiger partial charge in [0.2, 0.25) is 0 Å². The molecule has 2 aliphatic heterocycles. The highest BCUT2D eigenvalue weighted by Gasteiger charge is 2.50. The minimum atomic E-state index is -3.20. The number of fused-ring (bicyclic) bond motifs is 1. The molecule has 2 aliphatic rings. The highest BCUT2D eigenvalue weighted by atomic mass is 19.3. The number of alkyl halides is 2. The van der Waals surface area contributed by atoms with Gasteiger partial charge in [0, 0.05) is 42.5 Å². The topological polar surface area (TPSA) is 120 Å². The second kappa shape index (κ2) is 16.3. The summed E-state index contributed by atoms with van der Waals surface area (Å²) < 4.78 is 37.2. The Morgan fingerprint density at radius 3 is 2.46 bits per heavy atom. The average Bonchev–Trinajstić information content (AvgIpc) is 3.76. The van der Waals surface area contributed by atoms with E-state index in [9.17, 15) is 14.4 Å². The maximum atomic E-state index is 15.1. The standard InChI is InChI=1S/C43H50F2N6O5/c1-28-11-15-33(47-38-26-50(27-43(38,44)45)41(55)56-42(3,4)5)23-37(28)39(52)48(6)29(2)34-16-14-31(35-9-7-8-10-36(34)35)13-12-30-17-19-49(20-18-30)21-22-51-25-32(24-46-51)40(53)54/h7-11,14-16,23-25,29-30,38,47H,17-22,26-27H2,1-6H3,(H,53,54)/t29-,38+/m1/s1. The van der Waals surface area contributed by atoms with E-state index in [1.165, 1.54) is 6.20 Å². The number of carbonyl (C=O) groups excluding carboxylic acids is 2. The zero-order valence-electron chi connectivity index (χ0n) is 32.8. The van der Waals surface area contributed by atoms with Gasteiger partial charge >= 0.3 is 12.1 Å². The number of likely N-dealkylation sites (tertiary alicyclic amines) is 2. The lowest BCUT2D eigenvalue weighted by Crippen LogP contribution is -2.38. The first kappa shape index (κ1) is 40.2. The van der Waals surface area contributed by atoms with Crippen LogP contribution in [0.15, 0.2) is 67.0 Å². The van der Waals surface area contributed by atoms with Crippen molar-refractivity contribution in [2.75, 3.05) is 45.1 Å². The first-order valence-electron chi connectivity index (χ1n) is 19.0. The lowest BCUT2D eigenvalue weighted by molar-refractivity contribution is -0.00635. The maximum Gasteiger partial charge on any atom is 0.410 e. The predicted molar refractivity (Wildman–Crippen MR) is 211 cm³/mol. The summed E-state index contributed by atoms with van der Waals surface area (Å²) in [6.45, 7) is 11.1. The van der Waals surface area contributed by atoms with Crippen LogP contribution in [0.2, 0.25) is 0 Å². The number of carbonyl (C=O) groups is 3. The highest BCUT2D eigenvalue weighted by molar-refractivity contribution is 5.97. The smallest absolute Gasteiger partial charge is 0.410 e. The van der Waals surface area contributed by atoms with Crippen molar-refractivity contribution in [1.82, 2.24) is 24.5 Å². The summed E-state index contributed by atoms with van der Waals surface area (Å²) in [6.07, 6.45) is 4.02. The molecule has 2 saturated heterocycles. The number of nitrogens with zero attached hydrogens (tertiary/aromatic N) is 5. The first-order valence-corrected chi connectivity index (χ1v) is 19.0. The van der Waals surface area contributed by atoms with Crippen molar-refractivity contribution in [2.24, 2.45) is 5.92 Å². The van der Waals surface area contributed by atoms with Crippen molar-refractivity contribution in [2.45, 2.75) is 77.6 Å². The zero-order chi connectivity index (χ0) is 40.4. The summed E-state index contributed by atoms with van der Waals surface area (Å²) >= 11 is 0. The van der Waals surface area contributed by atoms with E-state index >= 15 is 8.78 Å². The molecule has 13 heteroatoms. The van der Waals surface area contributed by atoms with Crippen molar-refractivity contribution in [3.05, 3.63) is 94.8 Å². The Balaban J connectivity index is 1.11. The molecule has 4 aromatic rings. The number of aryl methyl sites for hydroxylation is 1. The fourth-order valence-corrected chi connectivity index (χ4v) is 7.23. The summed E-state index contributed by atoms with van der Waals surface area (Å²) in [5.74, 6) is 2.78. The van der Waals surface area contributed by atoms with Crippen molar-refractivity contribution in [3.8, 4) is 11.8 Å². The number of hydrogen-bond donors (Lipinski definition) is 2. The number of benzene rings is 3. The molecule has 2 fully saturated rings. The molecule has 0 radical (unpaired) electrons. The summed E-state index contributed by atoms with van der Waals surface area (Å²) in [7, 11) is 1.74. The Hall–Kier alpha value is -5.48. The summed E-state index contributed by atoms with van der Waals surface area (Å²) in [5, 5.41) is 18.2. The summed E-state index contributed by atoms with van der Waals surface area (Å²) in [4.78, 5) is 42.7. The van der Waals surface area contributed by atoms with Crippen LogP contribution in [0.25, 0.3) is 10.8 Å². The number of aromatic nitrogens is 2. The molecule has 0 saturated carbocycles. The minimum Gasteiger partial charge on any atom is -0.478 e. The molecule has 3 heterocycles. The summed E-state index contributed by atoms with van der Waals surface area (Å²) in [5.41, 5.74) is 2.72. The number of amides is 2. The zero-order valence-corrected chi connectivity index (χ0v) is 32.8. The van der Waals surface area contributed by atoms with E-state index in [0.717, 1.165) is 59.3 Å². The molecular formula is C43H50F2N6O5. The molecule has 0 unspecified atom stereocenters. The third-order valence-electron chi connectivity index (χ3n) is 10.6. The molecule has 2 N–H and O–H groups in total. The fraction of sp³-hybridized carbons (Fsp3) is 0.442. The van der Waals surface area contributed by atoms with Crippen LogP contribution in [0, 0.1) is 24.7 Å². The number of ether oxygens (including phenoxy) is 1. The third kappa shape index (κ3) is 9.30. The number of carboxylic acid groups (broad SMARTS) is 1. The third-order valence-corrected chi connectivity index (χ3v) is 10.6. The number of carboxylic acids is 1. The molecule has 0 spiro atoms. The van der Waals surface area contributed by atoms with Gasteiger partial charge in [0.25, 0.3) is 11.8 Å². The van der Waals surface area contributed by atoms with E-state index in [4.69, 9.17) is 9.84 Å². The Bertz CT molecular complexity index is 2160. The van der Waals surface area contributed by atoms with Gasteiger partial charge in [-0.15, -0.1) is 0 Å². The van der Waals surface area contributed by atoms with E-state index in [0.29, 0.717) is 23.4 Å². The number of piperidine rings is 1. The van der Waals surface area contributed by atoms with Crippen molar-refractivity contribution >= 4 is 34.4 Å². The second-order valence-corrected chi connectivity index (χ2v) is 15.9. The van der Waals surface area contributed by atoms with Crippen LogP contribution in [-0.4, -0.2) is 105 Å². The molecule has 6 rings (SSSR count). The van der Waals surface area contributed by atoms with E-state index < -0.39 is 36.2 Å². The van der Waals surface area contributed by atoms with Crippen LogP contribution in [0.4, 0.5) is 19.3 Å². The van der Waals surface area contributed by atoms with Gasteiger partial charge in [-0.25, -0.2) is 18.4 Å². The Morgan fingerprint density at radius 2 is 1.79 bits per heavy atom. The average molecular weight is 769 g/mol. The van der Waals surface area contributed by atoms with E-state index in [-0.39, 0.29) is 30.0 Å². The number of rotatable bonds is 9. The lowest BCUT2D eigenvalue weighted by Gasteiger charge is -2.29. The van der Waals surface area contributed by atoms with E-state index in [2.05, 4.69) is 27.2 Å². The number of nitrogens with one attached hydrogen (secondary N) is 1. The van der Waals surface area contributed by atoms with Gasteiger partial charge in [0.05, 0.1) is 37.4 Å². The molecule has 11 nitrogen and oxygen atoms in total. The molecule has 0 bridgehead atoms. The molecule has 296 valence electrons. The normalized spacial score (nSPS) is 17.9. The monoisotopic (exact) mass is 768 g/mol. The predicted octanol–water partition coefficient (Wildman–Crippen LogP) is 7.31. The first-order chi connectivity index (χ1) is 26.5. The minimum absolute atomic E-state index is 0.189. The van der Waals surface area contributed by atoms with Gasteiger partial charge in [-0.1, -0.05) is 48.2 Å². The molecule has 2 atom stereocenters. The van der Waals surface area contributed by atoms with Gasteiger partial charge in [-0.2, -0.15) is 5.10 Å². The SMILES string of the molecule is Cc1ccc(N[C@H]2CN(C(=O)OC(C)(C)C)CC2(F)F)cc1C(=O)N(C)[C@H](C)c1ccc(C#CC2CCN(CCn3cc(C(=O)O)cn3)CC2)c2ccccc12. The van der Waals surface area contributed by atoms with Crippen molar-refractivity contribution < 1.29 is 33.0 Å². The van der Waals surface area contributed by atoms with Crippen LogP contribution in [0.5, 0.6) is 0 Å². The number of aromatic carboxylic acids is 1. The van der Waals surface area contributed by atoms with Crippen LogP contribution < -0.4 is 5.32 Å². The van der Waals surface area contributed by atoms with Crippen molar-refractivity contribution in [1.29, 1.82) is 0 Å². The largest absolute Gasteiger partial charge is 0.478 e. The van der Waals surface area contributed by atoms with Crippen LogP contribution >= 0.6 is 0 Å². The molecular weight excluding hydrogens is 719 g/mol. The maximum absolute atomic E-state index is 15.1. The van der Waals surface area contributed by atoms with Gasteiger partial charge in [0.15, 0.2) is 0 Å². The van der Waals surface area contributed by atoms with E-state index in [1.807, 2.05) is 50.2 Å². The molecule has 0 aliphatic carbocycles. The Labute approximate surface area is 326 Å². The van der Waals surface area contributed by atoms with Gasteiger partial charge in [-0.3, -0.25) is 14.4 Å². The molecule has 3 aromatic carbocycles. The highest BCUT2D eigenvalue weighted by Crippen LogP contribution is 2.34. The van der Waals surface area contributed by atoms with Gasteiger partial charge in [0.1, 0.15) is 11.6 Å². The number of hydrogen-bond acceptors (Lipinski definition) is 7. The second-order valence-electron chi connectivity index (χ2n) is 15.9. The molecule has 56 heavy (non-hydrogen) atoms. The number of halogens is 2. The van der Waals surface area contributed by atoms with Crippen LogP contribution in [0.1, 0.15) is 84.0 Å². The molecule has 1 aromatic heterocycles. The Kier molecular flexibility index (Phi) is 11.7. The van der Waals surface area contributed by atoms with Crippen molar-refractivity contribution in [3.63, 3.8) is 0 Å². The summed E-state index contributed by atoms with van der Waals surface area (Å²) in [6, 6.07) is 15.4. The Morgan fingerprint density at radius 1 is 1.07 bits per heavy atom. The van der Waals surface area contributed by atoms with Crippen LogP contribution in [-0.2, 0) is 11.3 Å². The van der Waals surface area contributed by atoms with Crippen LogP contribution in [0.3, 0.4) is 0 Å². The quantitative estimate of drug-likeness (QED) is 0.170. The van der Waals surface area contributed by atoms with Gasteiger partial charge < -0.3 is 25.0 Å².